The number of hydrogen-bond acceptors (Lipinski definition) is 6. The summed E-state index contributed by atoms with van der Waals surface area (Å²) in [5, 5.41) is 12.1. The van der Waals surface area contributed by atoms with Gasteiger partial charge in [0, 0.05) is 17.8 Å². The number of carbonyl (C=O) groups is 1. The van der Waals surface area contributed by atoms with Gasteiger partial charge in [-0.1, -0.05) is 23.2 Å². The average molecular weight is 440 g/mol. The van der Waals surface area contributed by atoms with Crippen molar-refractivity contribution in [2.45, 2.75) is 6.61 Å². The summed E-state index contributed by atoms with van der Waals surface area (Å²) in [4.78, 5) is 20.7. The van der Waals surface area contributed by atoms with E-state index in [0.717, 1.165) is 6.07 Å². The number of aromatic nitrogens is 2. The summed E-state index contributed by atoms with van der Waals surface area (Å²) in [6.07, 6.45) is 5.18. The van der Waals surface area contributed by atoms with Crippen LogP contribution in [0.3, 0.4) is 0 Å². The van der Waals surface area contributed by atoms with Crippen LogP contribution in [0.4, 0.5) is 14.5 Å². The van der Waals surface area contributed by atoms with Crippen molar-refractivity contribution in [1.82, 2.24) is 9.97 Å². The Morgan fingerprint density at radius 1 is 1.14 bits per heavy atom. The highest BCUT2D eigenvalue weighted by Gasteiger charge is 2.28. The number of amides is 1. The molecule has 7 nitrogen and oxygen atoms in total. The second kappa shape index (κ2) is 7.53. The number of alkyl halides is 2. The first-order valence-corrected chi connectivity index (χ1v) is 8.76. The Balaban J connectivity index is 1.93. The largest absolute Gasteiger partial charge is 0.621 e. The first-order chi connectivity index (χ1) is 13.9. The molecule has 0 radical (unpaired) electrons. The van der Waals surface area contributed by atoms with Gasteiger partial charge in [-0.05, 0) is 18.2 Å². The van der Waals surface area contributed by atoms with Gasteiger partial charge < -0.3 is 14.4 Å². The maximum Gasteiger partial charge on any atom is 0.387 e. The van der Waals surface area contributed by atoms with Crippen LogP contribution >= 0.6 is 23.2 Å². The minimum Gasteiger partial charge on any atom is -0.621 e. The quantitative estimate of drug-likeness (QED) is 0.480. The van der Waals surface area contributed by atoms with E-state index >= 15 is 0 Å². The lowest BCUT2D eigenvalue weighted by molar-refractivity contribution is -0.679. The van der Waals surface area contributed by atoms with Crippen LogP contribution in [-0.4, -0.2) is 22.5 Å². The molecule has 0 saturated carbocycles. The molecule has 0 spiro atoms. The summed E-state index contributed by atoms with van der Waals surface area (Å²) in [5.74, 6) is -1.24. The number of quaternary nitrogens is 1. The van der Waals surface area contributed by atoms with E-state index in [1.54, 1.807) is 0 Å². The monoisotopic (exact) mass is 439 g/mol. The number of hydroxylamine groups is 1. The Kier molecular flexibility index (Phi) is 5.05. The number of pyridine rings is 2. The molecule has 1 atom stereocenters. The predicted molar refractivity (Wildman–Crippen MR) is 101 cm³/mol. The van der Waals surface area contributed by atoms with Crippen molar-refractivity contribution in [3.63, 3.8) is 0 Å². The maximum absolute atomic E-state index is 13.0. The fraction of sp³-hybridized carbons (Fsp3) is 0.0556. The Hall–Kier alpha value is -2.85. The SMILES string of the molecule is O=C(c1ccc(OC(F)F)c2oc3ccncc3c12)[NH+]([O-])c1c(Cl)cncc1Cl. The molecule has 29 heavy (non-hydrogen) atoms. The van der Waals surface area contributed by atoms with Gasteiger partial charge in [0.05, 0.1) is 23.3 Å². The molecular weight excluding hydrogens is 431 g/mol. The van der Waals surface area contributed by atoms with Gasteiger partial charge in [0.2, 0.25) is 0 Å². The van der Waals surface area contributed by atoms with Gasteiger partial charge in [-0.2, -0.15) is 8.78 Å². The fourth-order valence-corrected chi connectivity index (χ4v) is 3.48. The van der Waals surface area contributed by atoms with Gasteiger partial charge >= 0.3 is 12.5 Å². The normalized spacial score (nSPS) is 12.6. The van der Waals surface area contributed by atoms with Crippen LogP contribution in [0.2, 0.25) is 10.0 Å². The zero-order valence-electron chi connectivity index (χ0n) is 14.2. The second-order valence-electron chi connectivity index (χ2n) is 5.80. The third-order valence-electron chi connectivity index (χ3n) is 4.13. The molecule has 1 unspecified atom stereocenters. The lowest BCUT2D eigenvalue weighted by Gasteiger charge is -2.21. The summed E-state index contributed by atoms with van der Waals surface area (Å²) in [5.41, 5.74) is -0.136. The molecule has 1 amide bonds. The number of carbonyl (C=O) groups excluding carboxylic acids is 1. The zero-order chi connectivity index (χ0) is 20.7. The van der Waals surface area contributed by atoms with Crippen molar-refractivity contribution >= 4 is 56.7 Å². The van der Waals surface area contributed by atoms with E-state index < -0.39 is 17.6 Å². The number of nitrogens with zero attached hydrogens (tertiary/aromatic N) is 2. The molecule has 0 aliphatic carbocycles. The van der Waals surface area contributed by atoms with Crippen molar-refractivity contribution in [3.05, 3.63) is 63.8 Å². The molecule has 148 valence electrons. The van der Waals surface area contributed by atoms with E-state index in [1.807, 2.05) is 0 Å². The Bertz CT molecular complexity index is 1230. The zero-order valence-corrected chi connectivity index (χ0v) is 15.7. The van der Waals surface area contributed by atoms with Gasteiger partial charge in [0.25, 0.3) is 0 Å². The van der Waals surface area contributed by atoms with E-state index in [2.05, 4.69) is 14.7 Å². The molecule has 3 heterocycles. The van der Waals surface area contributed by atoms with Crippen molar-refractivity contribution < 1.29 is 27.8 Å². The highest BCUT2D eigenvalue weighted by molar-refractivity contribution is 6.38. The summed E-state index contributed by atoms with van der Waals surface area (Å²) < 4.78 is 35.6. The number of rotatable bonds is 4. The summed E-state index contributed by atoms with van der Waals surface area (Å²) in [7, 11) is 0. The predicted octanol–water partition coefficient (Wildman–Crippen LogP) is 4.14. The van der Waals surface area contributed by atoms with Gasteiger partial charge in [0.15, 0.2) is 17.0 Å². The number of halogens is 4. The van der Waals surface area contributed by atoms with Crippen molar-refractivity contribution in [2.24, 2.45) is 0 Å². The van der Waals surface area contributed by atoms with Crippen LogP contribution in [0, 0.1) is 5.21 Å². The minimum atomic E-state index is -3.11. The number of ether oxygens (including phenoxy) is 1. The second-order valence-corrected chi connectivity index (χ2v) is 6.62. The molecule has 1 N–H and O–H groups in total. The topological polar surface area (TPSA) is 92.7 Å². The molecule has 0 bridgehead atoms. The average Bonchev–Trinajstić information content (AvgIpc) is 3.07. The molecular formula is C18H9Cl2F2N3O4. The number of hydrogen-bond donors (Lipinski definition) is 1. The van der Waals surface area contributed by atoms with Gasteiger partial charge in [-0.15, -0.1) is 0 Å². The maximum atomic E-state index is 13.0. The highest BCUT2D eigenvalue weighted by atomic mass is 35.5. The smallest absolute Gasteiger partial charge is 0.387 e. The van der Waals surface area contributed by atoms with Gasteiger partial charge in [-0.3, -0.25) is 15.0 Å². The van der Waals surface area contributed by atoms with Crippen LogP contribution in [0.25, 0.3) is 21.9 Å². The molecule has 1 aromatic carbocycles. The van der Waals surface area contributed by atoms with Crippen molar-refractivity contribution in [1.29, 1.82) is 0 Å². The molecule has 0 aliphatic rings. The van der Waals surface area contributed by atoms with E-state index in [0.29, 0.717) is 5.39 Å². The number of furan rings is 1. The summed E-state index contributed by atoms with van der Waals surface area (Å²) in [6.45, 7) is -3.11. The van der Waals surface area contributed by atoms with Crippen LogP contribution in [-0.2, 0) is 0 Å². The van der Waals surface area contributed by atoms with E-state index in [1.165, 1.54) is 36.9 Å². The van der Waals surface area contributed by atoms with E-state index in [9.17, 15) is 18.8 Å². The first kappa shape index (κ1) is 19.5. The molecule has 0 saturated heterocycles. The van der Waals surface area contributed by atoms with Crippen LogP contribution in [0.5, 0.6) is 5.75 Å². The third kappa shape index (κ3) is 3.38. The van der Waals surface area contributed by atoms with Crippen LogP contribution in [0.15, 0.2) is 47.4 Å². The van der Waals surface area contributed by atoms with Crippen molar-refractivity contribution in [2.75, 3.05) is 0 Å². The standard InChI is InChI=1S/C18H9Cl2F2N3O4/c19-10-6-24-7-11(20)15(10)25(27)17(26)8-1-2-13(29-18(21)22)16-14(8)9-5-23-4-3-12(9)28-16/h1-7,18,25H. The van der Waals surface area contributed by atoms with Gasteiger partial charge in [0.1, 0.15) is 15.6 Å². The number of nitrogens with one attached hydrogen (secondary N) is 1. The lowest BCUT2D eigenvalue weighted by Crippen LogP contribution is -3.05. The summed E-state index contributed by atoms with van der Waals surface area (Å²) >= 11 is 12.0. The Morgan fingerprint density at radius 3 is 2.55 bits per heavy atom. The number of benzene rings is 1. The summed E-state index contributed by atoms with van der Waals surface area (Å²) in [6, 6.07) is 3.82. The molecule has 4 aromatic rings. The highest BCUT2D eigenvalue weighted by Crippen LogP contribution is 2.37. The molecule has 4 rings (SSSR count). The Morgan fingerprint density at radius 2 is 1.86 bits per heavy atom. The van der Waals surface area contributed by atoms with E-state index in [-0.39, 0.29) is 43.6 Å². The van der Waals surface area contributed by atoms with Gasteiger partial charge in [-0.25, -0.2) is 4.79 Å². The molecule has 11 heteroatoms. The van der Waals surface area contributed by atoms with Crippen LogP contribution in [0.1, 0.15) is 10.4 Å². The molecule has 0 aliphatic heterocycles. The Labute approximate surface area is 171 Å². The first-order valence-electron chi connectivity index (χ1n) is 8.00. The van der Waals surface area contributed by atoms with Crippen LogP contribution < -0.4 is 9.80 Å². The lowest BCUT2D eigenvalue weighted by atomic mass is 10.1. The molecule has 0 fully saturated rings. The van der Waals surface area contributed by atoms with Crippen molar-refractivity contribution in [3.8, 4) is 5.75 Å². The molecule has 3 aromatic heterocycles. The fourth-order valence-electron chi connectivity index (χ4n) is 2.94. The third-order valence-corrected chi connectivity index (χ3v) is 4.70. The van der Waals surface area contributed by atoms with E-state index in [4.69, 9.17) is 27.6 Å². The number of fused-ring (bicyclic) bond motifs is 3. The minimum absolute atomic E-state index is 0.0940.